The minimum Gasteiger partial charge on any atom is -0.321 e. The SMILES string of the molecule is CC1CCc2ncnc(N3c4ccc(Br)cc4C4(CCNCC4)[C@H]3C(C)(C)C)c21. The molecule has 3 aliphatic rings. The first-order valence-electron chi connectivity index (χ1n) is 11.0. The number of nitrogens with one attached hydrogen (secondary N) is 1. The average molecular weight is 455 g/mol. The van der Waals surface area contributed by atoms with Gasteiger partial charge < -0.3 is 10.2 Å². The summed E-state index contributed by atoms with van der Waals surface area (Å²) < 4.78 is 1.17. The maximum absolute atomic E-state index is 4.93. The molecule has 0 amide bonds. The Balaban J connectivity index is 1.79. The van der Waals surface area contributed by atoms with Gasteiger partial charge in [-0.05, 0) is 73.9 Å². The maximum atomic E-state index is 4.93. The van der Waals surface area contributed by atoms with Gasteiger partial charge in [-0.25, -0.2) is 9.97 Å². The van der Waals surface area contributed by atoms with Crippen LogP contribution in [0.2, 0.25) is 0 Å². The monoisotopic (exact) mass is 454 g/mol. The number of fused-ring (bicyclic) bond motifs is 3. The molecule has 1 aliphatic carbocycles. The van der Waals surface area contributed by atoms with E-state index in [4.69, 9.17) is 4.98 Å². The first-order chi connectivity index (χ1) is 13.8. The molecule has 1 saturated heterocycles. The summed E-state index contributed by atoms with van der Waals surface area (Å²) in [6.07, 6.45) is 6.37. The van der Waals surface area contributed by atoms with Gasteiger partial charge >= 0.3 is 0 Å². The Bertz CT molecular complexity index is 942. The van der Waals surface area contributed by atoms with Crippen LogP contribution in [0.25, 0.3) is 0 Å². The zero-order valence-corrected chi connectivity index (χ0v) is 19.5. The first kappa shape index (κ1) is 19.5. The Morgan fingerprint density at radius 2 is 1.93 bits per heavy atom. The van der Waals surface area contributed by atoms with Crippen LogP contribution in [0.1, 0.15) is 69.7 Å². The summed E-state index contributed by atoms with van der Waals surface area (Å²) in [4.78, 5) is 12.2. The van der Waals surface area contributed by atoms with Crippen molar-refractivity contribution in [2.75, 3.05) is 18.0 Å². The molecule has 3 heterocycles. The second kappa shape index (κ2) is 6.78. The van der Waals surface area contributed by atoms with Gasteiger partial charge in [-0.3, -0.25) is 0 Å². The summed E-state index contributed by atoms with van der Waals surface area (Å²) >= 11 is 3.76. The van der Waals surface area contributed by atoms with Gasteiger partial charge in [0.25, 0.3) is 0 Å². The van der Waals surface area contributed by atoms with Gasteiger partial charge in [0.2, 0.25) is 0 Å². The Kier molecular flexibility index (Phi) is 4.56. The van der Waals surface area contributed by atoms with Crippen LogP contribution in [-0.4, -0.2) is 29.1 Å². The molecule has 1 unspecified atom stereocenters. The van der Waals surface area contributed by atoms with Crippen LogP contribution < -0.4 is 10.2 Å². The van der Waals surface area contributed by atoms with E-state index < -0.39 is 0 Å². The predicted molar refractivity (Wildman–Crippen MR) is 122 cm³/mol. The highest BCUT2D eigenvalue weighted by Crippen LogP contribution is 2.58. The number of nitrogens with zero attached hydrogens (tertiary/aromatic N) is 3. The minimum atomic E-state index is 0.114. The molecule has 1 spiro atoms. The zero-order valence-electron chi connectivity index (χ0n) is 17.9. The molecule has 29 heavy (non-hydrogen) atoms. The van der Waals surface area contributed by atoms with Crippen molar-refractivity contribution in [1.29, 1.82) is 0 Å². The Morgan fingerprint density at radius 1 is 1.17 bits per heavy atom. The van der Waals surface area contributed by atoms with Crippen LogP contribution >= 0.6 is 15.9 Å². The average Bonchev–Trinajstić information content (AvgIpc) is 3.19. The van der Waals surface area contributed by atoms with E-state index >= 15 is 0 Å². The second-order valence-electron chi connectivity index (χ2n) is 10.2. The number of anilines is 2. The van der Waals surface area contributed by atoms with E-state index in [2.05, 4.69) is 77.0 Å². The van der Waals surface area contributed by atoms with Crippen molar-refractivity contribution < 1.29 is 0 Å². The molecule has 2 aromatic rings. The van der Waals surface area contributed by atoms with Crippen molar-refractivity contribution in [3.63, 3.8) is 0 Å². The van der Waals surface area contributed by atoms with Crippen molar-refractivity contribution in [2.24, 2.45) is 5.41 Å². The smallest absolute Gasteiger partial charge is 0.140 e. The van der Waals surface area contributed by atoms with E-state index in [-0.39, 0.29) is 10.8 Å². The summed E-state index contributed by atoms with van der Waals surface area (Å²) in [5, 5.41) is 3.60. The van der Waals surface area contributed by atoms with Crippen molar-refractivity contribution in [2.45, 2.75) is 70.8 Å². The Labute approximate surface area is 182 Å². The quantitative estimate of drug-likeness (QED) is 0.619. The lowest BCUT2D eigenvalue weighted by molar-refractivity contribution is 0.172. The number of hydrogen-bond donors (Lipinski definition) is 1. The third-order valence-corrected chi connectivity index (χ3v) is 7.83. The number of aromatic nitrogens is 2. The first-order valence-corrected chi connectivity index (χ1v) is 11.8. The molecule has 1 aromatic carbocycles. The molecule has 2 aliphatic heterocycles. The molecule has 5 rings (SSSR count). The molecular formula is C24H31BrN4. The Morgan fingerprint density at radius 3 is 2.66 bits per heavy atom. The fraction of sp³-hybridized carbons (Fsp3) is 0.583. The minimum absolute atomic E-state index is 0.114. The van der Waals surface area contributed by atoms with Gasteiger partial charge in [0.15, 0.2) is 0 Å². The molecule has 0 saturated carbocycles. The predicted octanol–water partition coefficient (Wildman–Crippen LogP) is 5.48. The van der Waals surface area contributed by atoms with Crippen LogP contribution in [0, 0.1) is 5.41 Å². The number of hydrogen-bond acceptors (Lipinski definition) is 4. The third kappa shape index (κ3) is 2.88. The highest BCUT2D eigenvalue weighted by molar-refractivity contribution is 9.10. The van der Waals surface area contributed by atoms with Gasteiger partial charge in [-0.2, -0.15) is 0 Å². The van der Waals surface area contributed by atoms with E-state index in [1.165, 1.54) is 33.4 Å². The lowest BCUT2D eigenvalue weighted by Gasteiger charge is -2.48. The highest BCUT2D eigenvalue weighted by Gasteiger charge is 2.56. The summed E-state index contributed by atoms with van der Waals surface area (Å²) in [5.74, 6) is 1.67. The van der Waals surface area contributed by atoms with Gasteiger partial charge in [0.05, 0.1) is 6.04 Å². The van der Waals surface area contributed by atoms with Crippen LogP contribution in [0.15, 0.2) is 29.0 Å². The maximum Gasteiger partial charge on any atom is 0.140 e. The second-order valence-corrected chi connectivity index (χ2v) is 11.1. The number of halogens is 1. The molecular weight excluding hydrogens is 424 g/mol. The van der Waals surface area contributed by atoms with E-state index in [0.29, 0.717) is 12.0 Å². The molecule has 1 fully saturated rings. The van der Waals surface area contributed by atoms with Crippen molar-refractivity contribution >= 4 is 27.4 Å². The fourth-order valence-electron chi connectivity index (χ4n) is 6.33. The van der Waals surface area contributed by atoms with E-state index in [0.717, 1.165) is 38.2 Å². The number of piperidine rings is 1. The number of benzene rings is 1. The normalized spacial score (nSPS) is 25.3. The molecule has 5 heteroatoms. The lowest BCUT2D eigenvalue weighted by Crippen LogP contribution is -2.55. The Hall–Kier alpha value is -1.46. The topological polar surface area (TPSA) is 41.1 Å². The molecule has 1 N–H and O–H groups in total. The van der Waals surface area contributed by atoms with Crippen molar-refractivity contribution in [1.82, 2.24) is 15.3 Å². The summed E-state index contributed by atoms with van der Waals surface area (Å²) in [6.45, 7) is 11.7. The largest absolute Gasteiger partial charge is 0.321 e. The van der Waals surface area contributed by atoms with Gasteiger partial charge in [0.1, 0.15) is 12.1 Å². The van der Waals surface area contributed by atoms with Crippen LogP contribution in [0.4, 0.5) is 11.5 Å². The van der Waals surface area contributed by atoms with Crippen molar-refractivity contribution in [3.8, 4) is 0 Å². The molecule has 4 nitrogen and oxygen atoms in total. The summed E-state index contributed by atoms with van der Waals surface area (Å²) in [7, 11) is 0. The van der Waals surface area contributed by atoms with E-state index in [1.54, 1.807) is 6.33 Å². The summed E-state index contributed by atoms with van der Waals surface area (Å²) in [6, 6.07) is 7.25. The van der Waals surface area contributed by atoms with Gasteiger partial charge in [-0.15, -0.1) is 0 Å². The number of aryl methyl sites for hydroxylation is 1. The fourth-order valence-corrected chi connectivity index (χ4v) is 6.69. The van der Waals surface area contributed by atoms with Gasteiger partial charge in [0, 0.05) is 26.8 Å². The third-order valence-electron chi connectivity index (χ3n) is 7.33. The molecule has 2 atom stereocenters. The zero-order chi connectivity index (χ0) is 20.4. The molecule has 0 bridgehead atoms. The lowest BCUT2D eigenvalue weighted by atomic mass is 9.63. The number of rotatable bonds is 1. The van der Waals surface area contributed by atoms with E-state index in [1.807, 2.05) is 0 Å². The molecule has 0 radical (unpaired) electrons. The highest BCUT2D eigenvalue weighted by atomic mass is 79.9. The molecule has 1 aromatic heterocycles. The van der Waals surface area contributed by atoms with Crippen molar-refractivity contribution in [3.05, 3.63) is 45.8 Å². The standard InChI is InChI=1S/C24H31BrN4/c1-15-5-7-18-20(15)21(28-14-27-18)29-19-8-6-16(25)13-17(19)24(9-11-26-12-10-24)22(29)23(2,3)4/h6,8,13-15,22,26H,5,7,9-12H2,1-4H3/t15?,22-/m1/s1. The molecule has 154 valence electrons. The van der Waals surface area contributed by atoms with Crippen LogP contribution in [-0.2, 0) is 11.8 Å². The van der Waals surface area contributed by atoms with Crippen LogP contribution in [0.3, 0.4) is 0 Å². The summed E-state index contributed by atoms with van der Waals surface area (Å²) in [5.41, 5.74) is 5.72. The van der Waals surface area contributed by atoms with Gasteiger partial charge in [-0.1, -0.05) is 43.6 Å². The van der Waals surface area contributed by atoms with E-state index in [9.17, 15) is 0 Å². The van der Waals surface area contributed by atoms with Crippen LogP contribution in [0.5, 0.6) is 0 Å².